The molecule has 0 heterocycles. The highest BCUT2D eigenvalue weighted by Gasteiger charge is 2.24. The summed E-state index contributed by atoms with van der Waals surface area (Å²) >= 11 is 0. The second-order valence-electron chi connectivity index (χ2n) is 6.54. The van der Waals surface area contributed by atoms with Crippen LogP contribution in [0.25, 0.3) is 11.1 Å². The number of hydrogen-bond donors (Lipinski definition) is 0. The number of sulfonamides is 1. The Morgan fingerprint density at radius 1 is 0.967 bits per heavy atom. The van der Waals surface area contributed by atoms with Gasteiger partial charge >= 0.3 is 5.97 Å². The maximum Gasteiger partial charge on any atom is 0.343 e. The number of halogens is 1. The predicted octanol–water partition coefficient (Wildman–Crippen LogP) is 3.83. The Balaban J connectivity index is 1.80. The summed E-state index contributed by atoms with van der Waals surface area (Å²) in [6.07, 6.45) is 0. The third-order valence-corrected chi connectivity index (χ3v) is 6.17. The van der Waals surface area contributed by atoms with Gasteiger partial charge in [-0.05, 0) is 53.6 Å². The fourth-order valence-electron chi connectivity index (χ4n) is 2.64. The molecule has 0 amide bonds. The van der Waals surface area contributed by atoms with Crippen molar-refractivity contribution in [3.8, 4) is 22.9 Å². The van der Waals surface area contributed by atoms with E-state index in [9.17, 15) is 17.6 Å². The molecular weight excluding hydrogens is 407 g/mol. The first-order chi connectivity index (χ1) is 14.2. The van der Waals surface area contributed by atoms with Gasteiger partial charge in [0.1, 0.15) is 16.5 Å². The topological polar surface area (TPSA) is 87.5 Å². The van der Waals surface area contributed by atoms with Gasteiger partial charge in [-0.25, -0.2) is 21.9 Å². The van der Waals surface area contributed by atoms with Gasteiger partial charge in [0, 0.05) is 14.1 Å². The lowest BCUT2D eigenvalue weighted by Gasteiger charge is -2.13. The highest BCUT2D eigenvalue weighted by atomic mass is 32.2. The van der Waals surface area contributed by atoms with Crippen molar-refractivity contribution in [3.63, 3.8) is 0 Å². The van der Waals surface area contributed by atoms with Gasteiger partial charge in [0.25, 0.3) is 0 Å². The van der Waals surface area contributed by atoms with E-state index in [1.54, 1.807) is 36.4 Å². The maximum atomic E-state index is 14.0. The summed E-state index contributed by atoms with van der Waals surface area (Å²) in [7, 11) is -1.50. The van der Waals surface area contributed by atoms with Crippen LogP contribution in [0.1, 0.15) is 15.9 Å². The van der Waals surface area contributed by atoms with E-state index in [4.69, 9.17) is 10.00 Å². The first kappa shape index (κ1) is 21.2. The van der Waals surface area contributed by atoms with Crippen LogP contribution in [0.2, 0.25) is 0 Å². The van der Waals surface area contributed by atoms with Crippen LogP contribution in [0.3, 0.4) is 0 Å². The van der Waals surface area contributed by atoms with Crippen molar-refractivity contribution >= 4 is 16.0 Å². The largest absolute Gasteiger partial charge is 0.423 e. The molecule has 0 saturated heterocycles. The molecule has 0 N–H and O–H groups in total. The van der Waals surface area contributed by atoms with E-state index >= 15 is 0 Å². The van der Waals surface area contributed by atoms with Crippen LogP contribution >= 0.6 is 0 Å². The Hall–Kier alpha value is -3.54. The number of carbonyl (C=O) groups excluding carboxylic acids is 1. The zero-order valence-corrected chi connectivity index (χ0v) is 17.0. The van der Waals surface area contributed by atoms with Crippen LogP contribution < -0.4 is 4.74 Å². The van der Waals surface area contributed by atoms with Crippen LogP contribution in [0, 0.1) is 17.1 Å². The van der Waals surface area contributed by atoms with Crippen LogP contribution in [0.4, 0.5) is 4.39 Å². The van der Waals surface area contributed by atoms with Gasteiger partial charge in [-0.2, -0.15) is 5.26 Å². The Morgan fingerprint density at radius 2 is 1.53 bits per heavy atom. The molecule has 0 aliphatic carbocycles. The van der Waals surface area contributed by atoms with Gasteiger partial charge in [-0.3, -0.25) is 0 Å². The number of ether oxygens (including phenoxy) is 1. The van der Waals surface area contributed by atoms with Gasteiger partial charge in [0.15, 0.2) is 0 Å². The molecule has 152 valence electrons. The highest BCUT2D eigenvalue weighted by Crippen LogP contribution is 2.24. The van der Waals surface area contributed by atoms with E-state index in [1.165, 1.54) is 14.1 Å². The molecule has 0 aliphatic rings. The molecule has 3 rings (SSSR count). The molecule has 0 aliphatic heterocycles. The molecule has 30 heavy (non-hydrogen) atoms. The molecule has 8 heteroatoms. The quantitative estimate of drug-likeness (QED) is 0.459. The minimum atomic E-state index is -4.05. The predicted molar refractivity (Wildman–Crippen MR) is 109 cm³/mol. The molecule has 0 unspecified atom stereocenters. The molecule has 0 aromatic heterocycles. The van der Waals surface area contributed by atoms with E-state index in [-0.39, 0.29) is 11.3 Å². The molecule has 0 spiro atoms. The van der Waals surface area contributed by atoms with Gasteiger partial charge < -0.3 is 4.74 Å². The fraction of sp³-hybridized carbons (Fsp3) is 0.0909. The molecule has 0 atom stereocenters. The van der Waals surface area contributed by atoms with E-state index < -0.39 is 26.7 Å². The lowest BCUT2D eigenvalue weighted by molar-refractivity contribution is 0.0734. The normalized spacial score (nSPS) is 11.2. The molecule has 6 nitrogen and oxygen atoms in total. The summed E-state index contributed by atoms with van der Waals surface area (Å²) in [5.41, 5.74) is 2.22. The molecular formula is C22H17FN2O4S. The Morgan fingerprint density at radius 3 is 2.07 bits per heavy atom. The van der Waals surface area contributed by atoms with Gasteiger partial charge in [-0.15, -0.1) is 0 Å². The number of carbonyl (C=O) groups is 1. The number of nitriles is 1. The second-order valence-corrected chi connectivity index (χ2v) is 8.66. The molecule has 0 radical (unpaired) electrons. The molecule has 0 saturated carbocycles. The average Bonchev–Trinajstić information content (AvgIpc) is 2.74. The lowest BCUT2D eigenvalue weighted by Crippen LogP contribution is -2.23. The number of hydrogen-bond acceptors (Lipinski definition) is 5. The maximum absolute atomic E-state index is 14.0. The summed E-state index contributed by atoms with van der Waals surface area (Å²) < 4.78 is 44.6. The standard InChI is InChI=1S/C22H17FN2O4S/c1-25(2)30(27,28)21-13-18(9-12-20(21)23)22(26)29-19-10-7-17(8-11-19)16-5-3-15(14-24)4-6-16/h3-13H,1-2H3. The summed E-state index contributed by atoms with van der Waals surface area (Å²) in [4.78, 5) is 11.8. The van der Waals surface area contributed by atoms with E-state index in [0.29, 0.717) is 5.56 Å². The van der Waals surface area contributed by atoms with Gasteiger partial charge in [0.05, 0.1) is 17.2 Å². The molecule has 3 aromatic carbocycles. The van der Waals surface area contributed by atoms with Gasteiger partial charge in [0.2, 0.25) is 10.0 Å². The Labute approximate surface area is 173 Å². The Bertz CT molecular complexity index is 1230. The summed E-state index contributed by atoms with van der Waals surface area (Å²) in [5, 5.41) is 8.86. The second kappa shape index (κ2) is 8.45. The minimum absolute atomic E-state index is 0.0898. The van der Waals surface area contributed by atoms with Crippen LogP contribution in [0.15, 0.2) is 71.6 Å². The molecule has 3 aromatic rings. The number of rotatable bonds is 5. The fourth-order valence-corrected chi connectivity index (χ4v) is 3.63. The van der Waals surface area contributed by atoms with Crippen LogP contribution in [-0.2, 0) is 10.0 Å². The van der Waals surface area contributed by atoms with E-state index in [0.717, 1.165) is 33.6 Å². The number of nitrogens with zero attached hydrogens (tertiary/aromatic N) is 2. The van der Waals surface area contributed by atoms with Crippen molar-refractivity contribution in [1.29, 1.82) is 5.26 Å². The zero-order valence-electron chi connectivity index (χ0n) is 16.2. The monoisotopic (exact) mass is 424 g/mol. The smallest absolute Gasteiger partial charge is 0.343 e. The third-order valence-electron chi connectivity index (χ3n) is 4.34. The van der Waals surface area contributed by atoms with Crippen LogP contribution in [-0.4, -0.2) is 32.8 Å². The highest BCUT2D eigenvalue weighted by molar-refractivity contribution is 7.89. The number of esters is 1. The minimum Gasteiger partial charge on any atom is -0.423 e. The van der Waals surface area contributed by atoms with Crippen molar-refractivity contribution in [1.82, 2.24) is 4.31 Å². The average molecular weight is 424 g/mol. The summed E-state index contributed by atoms with van der Waals surface area (Å²) in [6, 6.07) is 18.8. The zero-order chi connectivity index (χ0) is 21.9. The summed E-state index contributed by atoms with van der Waals surface area (Å²) in [6.45, 7) is 0. The van der Waals surface area contributed by atoms with Crippen molar-refractivity contribution in [2.24, 2.45) is 0 Å². The van der Waals surface area contributed by atoms with Gasteiger partial charge in [-0.1, -0.05) is 24.3 Å². The number of benzene rings is 3. The third kappa shape index (κ3) is 4.38. The first-order valence-corrected chi connectivity index (χ1v) is 10.2. The van der Waals surface area contributed by atoms with Crippen molar-refractivity contribution in [2.75, 3.05) is 14.1 Å². The van der Waals surface area contributed by atoms with E-state index in [1.807, 2.05) is 12.1 Å². The van der Waals surface area contributed by atoms with Crippen molar-refractivity contribution < 1.29 is 22.3 Å². The SMILES string of the molecule is CN(C)S(=O)(=O)c1cc(C(=O)Oc2ccc(-c3ccc(C#N)cc3)cc2)ccc1F. The van der Waals surface area contributed by atoms with Crippen molar-refractivity contribution in [2.45, 2.75) is 4.90 Å². The Kier molecular flexibility index (Phi) is 5.96. The summed E-state index contributed by atoms with van der Waals surface area (Å²) in [5.74, 6) is -1.51. The lowest BCUT2D eigenvalue weighted by atomic mass is 10.0. The van der Waals surface area contributed by atoms with E-state index in [2.05, 4.69) is 6.07 Å². The van der Waals surface area contributed by atoms with Crippen LogP contribution in [0.5, 0.6) is 5.75 Å². The molecule has 0 bridgehead atoms. The first-order valence-electron chi connectivity index (χ1n) is 8.77. The van der Waals surface area contributed by atoms with Crippen molar-refractivity contribution in [3.05, 3.63) is 83.7 Å². The molecule has 0 fully saturated rings.